The van der Waals surface area contributed by atoms with E-state index >= 15 is 0 Å². The Labute approximate surface area is 118 Å². The lowest BCUT2D eigenvalue weighted by molar-refractivity contribution is -0.136. The summed E-state index contributed by atoms with van der Waals surface area (Å²) in [5.41, 5.74) is -2.01. The molecule has 0 unspecified atom stereocenters. The highest BCUT2D eigenvalue weighted by Crippen LogP contribution is 2.34. The number of H-pyrrole nitrogens is 1. The summed E-state index contributed by atoms with van der Waals surface area (Å²) >= 11 is 0. The molecule has 0 aliphatic rings. The van der Waals surface area contributed by atoms with Crippen LogP contribution in [0, 0.1) is 11.7 Å². The number of fused-ring (bicyclic) bond motifs is 1. The fourth-order valence-corrected chi connectivity index (χ4v) is 1.96. The first-order valence-corrected chi connectivity index (χ1v) is 6.36. The normalized spacial score (nSPS) is 12.1. The van der Waals surface area contributed by atoms with Crippen LogP contribution >= 0.6 is 0 Å². The van der Waals surface area contributed by atoms with E-state index in [2.05, 4.69) is 10.3 Å². The molecule has 1 aromatic carbocycles. The Morgan fingerprint density at radius 3 is 2.48 bits per heavy atom. The number of aromatic nitrogens is 1. The van der Waals surface area contributed by atoms with E-state index in [1.165, 1.54) is 6.07 Å². The Morgan fingerprint density at radius 2 is 1.90 bits per heavy atom. The molecule has 1 heterocycles. The van der Waals surface area contributed by atoms with Gasteiger partial charge in [0, 0.05) is 18.0 Å². The SMILES string of the molecule is CC(C)CNc1cc2[nH]c(=O)cc(C(F)(F)F)c2cc1F. The molecule has 0 amide bonds. The Morgan fingerprint density at radius 1 is 1.24 bits per heavy atom. The second kappa shape index (κ2) is 5.38. The highest BCUT2D eigenvalue weighted by molar-refractivity contribution is 5.85. The van der Waals surface area contributed by atoms with E-state index in [0.29, 0.717) is 12.6 Å². The van der Waals surface area contributed by atoms with Gasteiger partial charge < -0.3 is 10.3 Å². The van der Waals surface area contributed by atoms with Crippen molar-refractivity contribution in [2.24, 2.45) is 5.92 Å². The predicted molar refractivity (Wildman–Crippen MR) is 72.9 cm³/mol. The molecule has 114 valence electrons. The molecular formula is C14H14F4N2O. The maximum Gasteiger partial charge on any atom is 0.417 e. The Hall–Kier alpha value is -2.05. The molecular weight excluding hydrogens is 288 g/mol. The summed E-state index contributed by atoms with van der Waals surface area (Å²) in [6.07, 6.45) is -4.72. The van der Waals surface area contributed by atoms with Crippen molar-refractivity contribution in [3.05, 3.63) is 39.9 Å². The van der Waals surface area contributed by atoms with E-state index in [0.717, 1.165) is 6.07 Å². The lowest BCUT2D eigenvalue weighted by atomic mass is 10.1. The summed E-state index contributed by atoms with van der Waals surface area (Å²) in [5.74, 6) is -0.554. The lowest BCUT2D eigenvalue weighted by Gasteiger charge is -2.13. The van der Waals surface area contributed by atoms with Crippen LogP contribution in [0.4, 0.5) is 23.2 Å². The van der Waals surface area contributed by atoms with Crippen molar-refractivity contribution in [2.45, 2.75) is 20.0 Å². The summed E-state index contributed by atoms with van der Waals surface area (Å²) in [7, 11) is 0. The summed E-state index contributed by atoms with van der Waals surface area (Å²) in [5, 5.41) is 2.44. The Bertz CT molecular complexity index is 719. The molecule has 3 nitrogen and oxygen atoms in total. The molecule has 0 spiro atoms. The monoisotopic (exact) mass is 302 g/mol. The first-order chi connectivity index (χ1) is 9.68. The third-order valence-electron chi connectivity index (χ3n) is 2.94. The number of benzene rings is 1. The van der Waals surface area contributed by atoms with Gasteiger partial charge in [0.1, 0.15) is 5.82 Å². The van der Waals surface area contributed by atoms with Crippen molar-refractivity contribution in [2.75, 3.05) is 11.9 Å². The molecule has 1 aromatic heterocycles. The van der Waals surface area contributed by atoms with Crippen molar-refractivity contribution < 1.29 is 17.6 Å². The third-order valence-corrected chi connectivity index (χ3v) is 2.94. The van der Waals surface area contributed by atoms with Crippen molar-refractivity contribution in [3.63, 3.8) is 0 Å². The number of hydrogen-bond donors (Lipinski definition) is 2. The van der Waals surface area contributed by atoms with Crippen LogP contribution in [0.5, 0.6) is 0 Å². The van der Waals surface area contributed by atoms with Crippen LogP contribution in [0.3, 0.4) is 0 Å². The molecule has 0 saturated heterocycles. The summed E-state index contributed by atoms with van der Waals surface area (Å²) < 4.78 is 52.6. The zero-order chi connectivity index (χ0) is 15.8. The highest BCUT2D eigenvalue weighted by Gasteiger charge is 2.33. The van der Waals surface area contributed by atoms with Crippen molar-refractivity contribution in [3.8, 4) is 0 Å². The third kappa shape index (κ3) is 3.34. The molecule has 2 N–H and O–H groups in total. The second-order valence-corrected chi connectivity index (χ2v) is 5.20. The second-order valence-electron chi connectivity index (χ2n) is 5.20. The van der Waals surface area contributed by atoms with E-state index in [4.69, 9.17) is 0 Å². The molecule has 0 aliphatic heterocycles. The van der Waals surface area contributed by atoms with E-state index in [1.807, 2.05) is 13.8 Å². The van der Waals surface area contributed by atoms with Crippen LogP contribution in [-0.4, -0.2) is 11.5 Å². The number of halogens is 4. The smallest absolute Gasteiger partial charge is 0.382 e. The molecule has 21 heavy (non-hydrogen) atoms. The van der Waals surface area contributed by atoms with Gasteiger partial charge in [-0.2, -0.15) is 13.2 Å². The molecule has 2 rings (SSSR count). The van der Waals surface area contributed by atoms with Gasteiger partial charge in [0.15, 0.2) is 0 Å². The van der Waals surface area contributed by atoms with Crippen molar-refractivity contribution in [1.29, 1.82) is 0 Å². The van der Waals surface area contributed by atoms with Crippen LogP contribution in [0.2, 0.25) is 0 Å². The van der Waals surface area contributed by atoms with E-state index in [-0.39, 0.29) is 22.5 Å². The quantitative estimate of drug-likeness (QED) is 0.848. The topological polar surface area (TPSA) is 44.9 Å². The Balaban J connectivity index is 2.61. The number of alkyl halides is 3. The summed E-state index contributed by atoms with van der Waals surface area (Å²) in [6.45, 7) is 4.29. The fraction of sp³-hybridized carbons (Fsp3) is 0.357. The van der Waals surface area contributed by atoms with E-state index < -0.39 is 23.1 Å². The molecule has 0 saturated carbocycles. The van der Waals surface area contributed by atoms with Crippen LogP contribution in [0.15, 0.2) is 23.0 Å². The van der Waals surface area contributed by atoms with Crippen LogP contribution < -0.4 is 10.9 Å². The number of rotatable bonds is 3. The van der Waals surface area contributed by atoms with Crippen LogP contribution in [-0.2, 0) is 6.18 Å². The zero-order valence-corrected chi connectivity index (χ0v) is 11.4. The molecule has 2 aromatic rings. The summed E-state index contributed by atoms with van der Waals surface area (Å²) in [4.78, 5) is 13.6. The molecule has 0 bridgehead atoms. The Kier molecular flexibility index (Phi) is 3.93. The number of pyridine rings is 1. The van der Waals surface area contributed by atoms with Gasteiger partial charge >= 0.3 is 6.18 Å². The van der Waals surface area contributed by atoms with Gasteiger partial charge in [0.25, 0.3) is 0 Å². The van der Waals surface area contributed by atoms with Gasteiger partial charge in [-0.25, -0.2) is 4.39 Å². The molecule has 0 radical (unpaired) electrons. The van der Waals surface area contributed by atoms with E-state index in [1.54, 1.807) is 0 Å². The molecule has 0 atom stereocenters. The lowest BCUT2D eigenvalue weighted by Crippen LogP contribution is -2.15. The molecule has 7 heteroatoms. The maximum atomic E-state index is 13.9. The zero-order valence-electron chi connectivity index (χ0n) is 11.4. The first kappa shape index (κ1) is 15.3. The molecule has 0 aliphatic carbocycles. The number of aromatic amines is 1. The molecule has 0 fully saturated rings. The number of anilines is 1. The van der Waals surface area contributed by atoms with Gasteiger partial charge in [-0.05, 0) is 18.1 Å². The van der Waals surface area contributed by atoms with Crippen LogP contribution in [0.1, 0.15) is 19.4 Å². The van der Waals surface area contributed by atoms with Gasteiger partial charge in [-0.3, -0.25) is 4.79 Å². The number of nitrogens with one attached hydrogen (secondary N) is 2. The average molecular weight is 302 g/mol. The minimum absolute atomic E-state index is 0.0533. The van der Waals surface area contributed by atoms with Crippen molar-refractivity contribution >= 4 is 16.6 Å². The first-order valence-electron chi connectivity index (χ1n) is 6.36. The minimum Gasteiger partial charge on any atom is -0.382 e. The van der Waals surface area contributed by atoms with Crippen molar-refractivity contribution in [1.82, 2.24) is 4.98 Å². The predicted octanol–water partition coefficient (Wildman–Crippen LogP) is 3.75. The fourth-order valence-electron chi connectivity index (χ4n) is 1.96. The van der Waals surface area contributed by atoms with E-state index in [9.17, 15) is 22.4 Å². The largest absolute Gasteiger partial charge is 0.417 e. The van der Waals surface area contributed by atoms with Gasteiger partial charge in [0.2, 0.25) is 5.56 Å². The van der Waals surface area contributed by atoms with Gasteiger partial charge in [-0.1, -0.05) is 13.8 Å². The maximum absolute atomic E-state index is 13.9. The average Bonchev–Trinajstić information content (AvgIpc) is 2.34. The van der Waals surface area contributed by atoms with Gasteiger partial charge in [0.05, 0.1) is 16.8 Å². The highest BCUT2D eigenvalue weighted by atomic mass is 19.4. The van der Waals surface area contributed by atoms with Gasteiger partial charge in [-0.15, -0.1) is 0 Å². The standard InChI is InChI=1S/C14H14F4N2O/c1-7(2)6-19-12-5-11-8(3-10(12)15)9(14(16,17)18)4-13(21)20-11/h3-5,7,19H,6H2,1-2H3,(H,20,21). The summed E-state index contributed by atoms with van der Waals surface area (Å²) in [6, 6.07) is 2.41. The minimum atomic E-state index is -4.72. The number of hydrogen-bond acceptors (Lipinski definition) is 2. The van der Waals surface area contributed by atoms with Crippen LogP contribution in [0.25, 0.3) is 10.9 Å².